The van der Waals surface area contributed by atoms with E-state index in [1.807, 2.05) is 25.1 Å². The number of furan rings is 1. The predicted octanol–water partition coefficient (Wildman–Crippen LogP) is 5.31. The number of nitrogens with one attached hydrogen (secondary N) is 1. The highest BCUT2D eigenvalue weighted by Gasteiger charge is 2.14. The largest absolute Gasteiger partial charge is 0.459 e. The first-order chi connectivity index (χ1) is 12.0. The number of aliphatic hydroxyl groups is 1. The Labute approximate surface area is 155 Å². The lowest BCUT2D eigenvalue weighted by Gasteiger charge is -2.11. The van der Waals surface area contributed by atoms with E-state index in [1.165, 1.54) is 0 Å². The molecule has 0 aliphatic heterocycles. The Bertz CT molecular complexity index is 934. The summed E-state index contributed by atoms with van der Waals surface area (Å²) in [6.45, 7) is 1.73. The number of amides is 1. The molecule has 3 rings (SSSR count). The van der Waals surface area contributed by atoms with E-state index in [-0.39, 0.29) is 17.5 Å². The fraction of sp³-hybridized carbons (Fsp3) is 0.105. The van der Waals surface area contributed by atoms with Crippen LogP contribution < -0.4 is 5.32 Å². The van der Waals surface area contributed by atoms with Crippen molar-refractivity contribution in [2.24, 2.45) is 0 Å². The summed E-state index contributed by atoms with van der Waals surface area (Å²) >= 11 is 12.1. The molecule has 4 nitrogen and oxygen atoms in total. The zero-order valence-electron chi connectivity index (χ0n) is 13.3. The van der Waals surface area contributed by atoms with Crippen LogP contribution in [0, 0.1) is 6.92 Å². The number of anilines is 1. The fourth-order valence-corrected chi connectivity index (χ4v) is 2.78. The second-order valence-electron chi connectivity index (χ2n) is 5.51. The molecule has 0 saturated heterocycles. The molecule has 0 radical (unpaired) electrons. The third-order valence-electron chi connectivity index (χ3n) is 3.78. The zero-order valence-corrected chi connectivity index (χ0v) is 14.9. The molecule has 128 valence electrons. The molecule has 1 amide bonds. The third-order valence-corrected chi connectivity index (χ3v) is 4.60. The van der Waals surface area contributed by atoms with Crippen molar-refractivity contribution in [2.45, 2.75) is 13.5 Å². The standard InChI is InChI=1S/C19H15Cl2NO3/c1-11-5-6-12(17-8-7-13(10-23)25-17)9-16(11)22-19(24)14-3-2-4-15(20)18(14)21/h2-9,23H,10H2,1H3,(H,22,24). The van der Waals surface area contributed by atoms with Crippen LogP contribution in [0.25, 0.3) is 11.3 Å². The zero-order chi connectivity index (χ0) is 18.0. The van der Waals surface area contributed by atoms with Gasteiger partial charge in [-0.15, -0.1) is 0 Å². The Morgan fingerprint density at radius 1 is 1.16 bits per heavy atom. The van der Waals surface area contributed by atoms with E-state index in [1.54, 1.807) is 30.3 Å². The summed E-state index contributed by atoms with van der Waals surface area (Å²) in [6, 6.07) is 14.0. The van der Waals surface area contributed by atoms with Gasteiger partial charge in [0, 0.05) is 11.3 Å². The summed E-state index contributed by atoms with van der Waals surface area (Å²) < 4.78 is 5.54. The summed E-state index contributed by atoms with van der Waals surface area (Å²) in [6.07, 6.45) is 0. The molecule has 2 N–H and O–H groups in total. The molecule has 25 heavy (non-hydrogen) atoms. The van der Waals surface area contributed by atoms with Crippen LogP contribution in [0.1, 0.15) is 21.7 Å². The van der Waals surface area contributed by atoms with Gasteiger partial charge in [0.05, 0.1) is 15.6 Å². The van der Waals surface area contributed by atoms with Gasteiger partial charge in [0.1, 0.15) is 18.1 Å². The number of rotatable bonds is 4. The number of aliphatic hydroxyl groups excluding tert-OH is 1. The molecule has 2 aromatic carbocycles. The van der Waals surface area contributed by atoms with Crippen LogP contribution in [-0.2, 0) is 6.61 Å². The molecule has 0 aliphatic carbocycles. The van der Waals surface area contributed by atoms with Gasteiger partial charge in [0.15, 0.2) is 0 Å². The van der Waals surface area contributed by atoms with Gasteiger partial charge >= 0.3 is 0 Å². The molecular weight excluding hydrogens is 361 g/mol. The Morgan fingerprint density at radius 2 is 1.96 bits per heavy atom. The number of aryl methyl sites for hydroxylation is 1. The van der Waals surface area contributed by atoms with Crippen LogP contribution in [-0.4, -0.2) is 11.0 Å². The molecule has 0 bridgehead atoms. The molecule has 3 aromatic rings. The van der Waals surface area contributed by atoms with Gasteiger partial charge in [0.25, 0.3) is 5.91 Å². The summed E-state index contributed by atoms with van der Waals surface area (Å²) in [5, 5.41) is 12.5. The quantitative estimate of drug-likeness (QED) is 0.649. The number of carbonyl (C=O) groups excluding carboxylic acids is 1. The van der Waals surface area contributed by atoms with Crippen molar-refractivity contribution in [2.75, 3.05) is 5.32 Å². The van der Waals surface area contributed by atoms with Crippen molar-refractivity contribution in [3.63, 3.8) is 0 Å². The second kappa shape index (κ2) is 7.31. The van der Waals surface area contributed by atoms with E-state index >= 15 is 0 Å². The monoisotopic (exact) mass is 375 g/mol. The molecule has 1 heterocycles. The van der Waals surface area contributed by atoms with Crippen molar-refractivity contribution in [3.05, 3.63) is 75.5 Å². The smallest absolute Gasteiger partial charge is 0.257 e. The summed E-state index contributed by atoms with van der Waals surface area (Å²) in [4.78, 5) is 12.5. The molecular formula is C19H15Cl2NO3. The minimum Gasteiger partial charge on any atom is -0.459 e. The van der Waals surface area contributed by atoms with Gasteiger partial charge < -0.3 is 14.8 Å². The lowest BCUT2D eigenvalue weighted by molar-refractivity contribution is 0.102. The number of hydrogen-bond acceptors (Lipinski definition) is 3. The Kier molecular flexibility index (Phi) is 5.13. The summed E-state index contributed by atoms with van der Waals surface area (Å²) in [5.41, 5.74) is 2.63. The second-order valence-corrected chi connectivity index (χ2v) is 6.29. The first-order valence-corrected chi connectivity index (χ1v) is 8.31. The van der Waals surface area contributed by atoms with Crippen LogP contribution in [0.5, 0.6) is 0 Å². The number of hydrogen-bond donors (Lipinski definition) is 2. The lowest BCUT2D eigenvalue weighted by atomic mass is 10.1. The first kappa shape index (κ1) is 17.5. The van der Waals surface area contributed by atoms with Gasteiger partial charge in [-0.25, -0.2) is 0 Å². The number of carbonyl (C=O) groups is 1. The van der Waals surface area contributed by atoms with Gasteiger partial charge in [-0.3, -0.25) is 4.79 Å². The van der Waals surface area contributed by atoms with Gasteiger partial charge in [-0.1, -0.05) is 41.4 Å². The van der Waals surface area contributed by atoms with E-state index in [0.29, 0.717) is 27.8 Å². The molecule has 0 saturated carbocycles. The van der Waals surface area contributed by atoms with Crippen molar-refractivity contribution < 1.29 is 14.3 Å². The third kappa shape index (κ3) is 3.71. The highest BCUT2D eigenvalue weighted by atomic mass is 35.5. The predicted molar refractivity (Wildman–Crippen MR) is 99.2 cm³/mol. The van der Waals surface area contributed by atoms with Crippen molar-refractivity contribution in [3.8, 4) is 11.3 Å². The molecule has 6 heteroatoms. The maximum Gasteiger partial charge on any atom is 0.257 e. The van der Waals surface area contributed by atoms with Crippen molar-refractivity contribution in [1.82, 2.24) is 0 Å². The molecule has 0 unspecified atom stereocenters. The van der Waals surface area contributed by atoms with E-state index in [0.717, 1.165) is 11.1 Å². The lowest BCUT2D eigenvalue weighted by Crippen LogP contribution is -2.13. The fourth-order valence-electron chi connectivity index (χ4n) is 2.40. The van der Waals surface area contributed by atoms with E-state index in [2.05, 4.69) is 5.32 Å². The van der Waals surface area contributed by atoms with Crippen molar-refractivity contribution >= 4 is 34.8 Å². The van der Waals surface area contributed by atoms with Gasteiger partial charge in [0.2, 0.25) is 0 Å². The Morgan fingerprint density at radius 3 is 2.68 bits per heavy atom. The average Bonchev–Trinajstić information content (AvgIpc) is 3.08. The van der Waals surface area contributed by atoms with E-state index in [9.17, 15) is 4.79 Å². The molecule has 0 spiro atoms. The molecule has 0 fully saturated rings. The first-order valence-electron chi connectivity index (χ1n) is 7.55. The number of benzene rings is 2. The summed E-state index contributed by atoms with van der Waals surface area (Å²) in [7, 11) is 0. The van der Waals surface area contributed by atoms with E-state index < -0.39 is 0 Å². The Hall–Kier alpha value is -2.27. The van der Waals surface area contributed by atoms with Crippen LogP contribution in [0.15, 0.2) is 52.9 Å². The van der Waals surface area contributed by atoms with Crippen LogP contribution in [0.2, 0.25) is 10.0 Å². The normalized spacial score (nSPS) is 10.7. The molecule has 1 aromatic heterocycles. The Balaban J connectivity index is 1.90. The average molecular weight is 376 g/mol. The SMILES string of the molecule is Cc1ccc(-c2ccc(CO)o2)cc1NC(=O)c1cccc(Cl)c1Cl. The highest BCUT2D eigenvalue weighted by molar-refractivity contribution is 6.44. The van der Waals surface area contributed by atoms with Crippen LogP contribution in [0.4, 0.5) is 5.69 Å². The maximum absolute atomic E-state index is 12.5. The molecule has 0 aliphatic rings. The van der Waals surface area contributed by atoms with Gasteiger partial charge in [-0.2, -0.15) is 0 Å². The molecule has 0 atom stereocenters. The minimum absolute atomic E-state index is 0.164. The highest BCUT2D eigenvalue weighted by Crippen LogP contribution is 2.29. The maximum atomic E-state index is 12.5. The topological polar surface area (TPSA) is 62.5 Å². The van der Waals surface area contributed by atoms with Crippen LogP contribution >= 0.6 is 23.2 Å². The minimum atomic E-state index is -0.344. The summed E-state index contributed by atoms with van der Waals surface area (Å²) in [5.74, 6) is 0.746. The van der Waals surface area contributed by atoms with Crippen molar-refractivity contribution in [1.29, 1.82) is 0 Å². The number of halogens is 2. The van der Waals surface area contributed by atoms with Crippen LogP contribution in [0.3, 0.4) is 0 Å². The van der Waals surface area contributed by atoms with Gasteiger partial charge in [-0.05, 0) is 42.8 Å². The van der Waals surface area contributed by atoms with E-state index in [4.69, 9.17) is 32.7 Å².